The molecule has 27 heavy (non-hydrogen) atoms. The molecule has 0 bridgehead atoms. The van der Waals surface area contributed by atoms with Crippen molar-refractivity contribution in [3.63, 3.8) is 0 Å². The molecule has 1 N–H and O–H groups in total. The van der Waals surface area contributed by atoms with Gasteiger partial charge in [0.05, 0.1) is 11.4 Å². The third-order valence-electron chi connectivity index (χ3n) is 5.23. The van der Waals surface area contributed by atoms with Gasteiger partial charge in [-0.05, 0) is 12.8 Å². The molecule has 0 fully saturated rings. The molecule has 0 amide bonds. The van der Waals surface area contributed by atoms with Crippen molar-refractivity contribution < 1.29 is 47.6 Å². The molecule has 0 rings (SSSR count). The van der Waals surface area contributed by atoms with Gasteiger partial charge >= 0.3 is 29.6 Å². The summed E-state index contributed by atoms with van der Waals surface area (Å²) in [5, 5.41) is 8.74. The second-order valence-corrected chi connectivity index (χ2v) is 9.36. The van der Waals surface area contributed by atoms with E-state index in [-0.39, 0.29) is 29.6 Å². The summed E-state index contributed by atoms with van der Waals surface area (Å²) in [6, 6.07) is 0. The van der Waals surface area contributed by atoms with Crippen LogP contribution >= 0.6 is 0 Å². The summed E-state index contributed by atoms with van der Waals surface area (Å²) in [4.78, 5) is 0. The molecular formula is C21H43NaO4S. The van der Waals surface area contributed by atoms with E-state index in [1.165, 1.54) is 70.6 Å². The molecule has 0 aromatic rings. The fraction of sp³-hybridized carbons (Fsp3) is 1.00. The Morgan fingerprint density at radius 2 is 1.04 bits per heavy atom. The van der Waals surface area contributed by atoms with Crippen molar-refractivity contribution in [2.24, 2.45) is 0 Å². The maximum absolute atomic E-state index is 11.3. The number of hydrogen-bond acceptors (Lipinski definition) is 4. The average Bonchev–Trinajstić information content (AvgIpc) is 2.57. The van der Waals surface area contributed by atoms with Gasteiger partial charge in [-0.3, -0.25) is 0 Å². The molecular weight excluding hydrogens is 371 g/mol. The van der Waals surface area contributed by atoms with E-state index in [9.17, 15) is 18.1 Å². The van der Waals surface area contributed by atoms with Gasteiger partial charge in [0.25, 0.3) is 0 Å². The number of rotatable bonds is 19. The first-order valence-electron chi connectivity index (χ1n) is 11.1. The van der Waals surface area contributed by atoms with E-state index < -0.39 is 21.5 Å². The Kier molecular flexibility index (Phi) is 22.4. The van der Waals surface area contributed by atoms with E-state index in [4.69, 9.17) is 0 Å². The monoisotopic (exact) mass is 414 g/mol. The minimum absolute atomic E-state index is 0. The Labute approximate surface area is 191 Å². The van der Waals surface area contributed by atoms with Crippen molar-refractivity contribution in [1.29, 1.82) is 0 Å². The molecule has 2 atom stereocenters. The summed E-state index contributed by atoms with van der Waals surface area (Å²) < 4.78 is 33.9. The van der Waals surface area contributed by atoms with E-state index >= 15 is 0 Å². The zero-order chi connectivity index (χ0) is 19.7. The molecule has 0 aliphatic rings. The smallest absolute Gasteiger partial charge is 0.748 e. The number of aliphatic hydroxyl groups excluding tert-OH is 1. The van der Waals surface area contributed by atoms with E-state index in [0.29, 0.717) is 25.7 Å². The summed E-state index contributed by atoms with van der Waals surface area (Å²) >= 11 is 0. The van der Waals surface area contributed by atoms with Crippen molar-refractivity contribution in [3.8, 4) is 0 Å². The van der Waals surface area contributed by atoms with E-state index in [1.54, 1.807) is 0 Å². The molecule has 0 aliphatic carbocycles. The van der Waals surface area contributed by atoms with Crippen LogP contribution in [-0.4, -0.2) is 29.4 Å². The van der Waals surface area contributed by atoms with Crippen molar-refractivity contribution in [2.45, 2.75) is 134 Å². The largest absolute Gasteiger partial charge is 1.00 e. The average molecular weight is 415 g/mol. The zero-order valence-corrected chi connectivity index (χ0v) is 21.1. The fourth-order valence-corrected chi connectivity index (χ4v) is 4.53. The Balaban J connectivity index is 0. The predicted octanol–water partition coefficient (Wildman–Crippen LogP) is 2.94. The van der Waals surface area contributed by atoms with Crippen molar-refractivity contribution in [3.05, 3.63) is 0 Å². The summed E-state index contributed by atoms with van der Waals surface area (Å²) in [5.41, 5.74) is 0. The molecule has 0 aromatic carbocycles. The SMILES string of the molecule is CCCCCCCCCCCCCCCCC(C(O)CCC)S(=O)(=O)[O-].[Na+]. The minimum Gasteiger partial charge on any atom is -0.748 e. The third kappa shape index (κ3) is 18.6. The van der Waals surface area contributed by atoms with Crippen LogP contribution < -0.4 is 29.6 Å². The summed E-state index contributed by atoms with van der Waals surface area (Å²) in [6.45, 7) is 4.13. The molecule has 0 aromatic heterocycles. The topological polar surface area (TPSA) is 77.4 Å². The molecule has 0 spiro atoms. The minimum atomic E-state index is -4.40. The normalized spacial score (nSPS) is 13.9. The van der Waals surface area contributed by atoms with Crippen molar-refractivity contribution >= 4 is 10.1 Å². The van der Waals surface area contributed by atoms with Crippen LogP contribution in [0.2, 0.25) is 0 Å². The van der Waals surface area contributed by atoms with Gasteiger partial charge in [0.1, 0.15) is 10.1 Å². The van der Waals surface area contributed by atoms with E-state index in [1.807, 2.05) is 6.92 Å². The van der Waals surface area contributed by atoms with Gasteiger partial charge in [0, 0.05) is 0 Å². The summed E-state index contributed by atoms with van der Waals surface area (Å²) in [6.07, 6.45) is 17.7. The van der Waals surface area contributed by atoms with Crippen LogP contribution in [0.15, 0.2) is 0 Å². The molecule has 158 valence electrons. The number of hydrogen-bond donors (Lipinski definition) is 1. The van der Waals surface area contributed by atoms with Gasteiger partial charge in [-0.1, -0.05) is 110 Å². The van der Waals surface area contributed by atoms with Gasteiger partial charge in [-0.25, -0.2) is 8.42 Å². The van der Waals surface area contributed by atoms with Gasteiger partial charge in [0.15, 0.2) is 0 Å². The molecule has 0 saturated carbocycles. The van der Waals surface area contributed by atoms with Crippen LogP contribution in [0, 0.1) is 0 Å². The van der Waals surface area contributed by atoms with Crippen LogP contribution in [0.1, 0.15) is 123 Å². The van der Waals surface area contributed by atoms with Crippen LogP contribution in [0.4, 0.5) is 0 Å². The Morgan fingerprint density at radius 3 is 1.37 bits per heavy atom. The molecule has 2 unspecified atom stereocenters. The Hall–Kier alpha value is 0.870. The number of aliphatic hydroxyl groups is 1. The summed E-state index contributed by atoms with van der Waals surface area (Å²) in [7, 11) is -4.40. The second kappa shape index (κ2) is 20.2. The molecule has 4 nitrogen and oxygen atoms in total. The van der Waals surface area contributed by atoms with Crippen molar-refractivity contribution in [1.82, 2.24) is 0 Å². The first-order valence-corrected chi connectivity index (χ1v) is 12.5. The van der Waals surface area contributed by atoms with Gasteiger partial charge < -0.3 is 9.66 Å². The maximum atomic E-state index is 11.3. The van der Waals surface area contributed by atoms with Crippen molar-refractivity contribution in [2.75, 3.05) is 0 Å². The fourth-order valence-electron chi connectivity index (χ4n) is 3.55. The maximum Gasteiger partial charge on any atom is 1.00 e. The molecule has 0 saturated heterocycles. The van der Waals surface area contributed by atoms with E-state index in [2.05, 4.69) is 6.92 Å². The van der Waals surface area contributed by atoms with Crippen LogP contribution in [-0.2, 0) is 10.1 Å². The van der Waals surface area contributed by atoms with Gasteiger partial charge in [-0.15, -0.1) is 0 Å². The zero-order valence-electron chi connectivity index (χ0n) is 18.3. The van der Waals surface area contributed by atoms with Crippen LogP contribution in [0.5, 0.6) is 0 Å². The van der Waals surface area contributed by atoms with Crippen LogP contribution in [0.25, 0.3) is 0 Å². The first kappa shape index (κ1) is 30.1. The molecule has 6 heteroatoms. The summed E-state index contributed by atoms with van der Waals surface area (Å²) in [5.74, 6) is 0. The van der Waals surface area contributed by atoms with E-state index in [0.717, 1.165) is 12.8 Å². The first-order chi connectivity index (χ1) is 12.4. The predicted molar refractivity (Wildman–Crippen MR) is 109 cm³/mol. The molecule has 0 heterocycles. The second-order valence-electron chi connectivity index (χ2n) is 7.77. The Morgan fingerprint density at radius 1 is 0.667 bits per heavy atom. The van der Waals surface area contributed by atoms with Gasteiger partial charge in [0.2, 0.25) is 0 Å². The molecule has 0 radical (unpaired) electrons. The third-order valence-corrected chi connectivity index (χ3v) is 6.52. The number of unbranched alkanes of at least 4 members (excludes halogenated alkanes) is 13. The quantitative estimate of drug-likeness (QED) is 0.200. The molecule has 0 aliphatic heterocycles. The van der Waals surface area contributed by atoms with Gasteiger partial charge in [-0.2, -0.15) is 0 Å². The standard InChI is InChI=1S/C21H44O4S.Na/c1-3-5-6-7-8-9-10-11-12-13-14-15-16-17-19-21(26(23,24)25)20(22)18-4-2;/h20-22H,3-19H2,1-2H3,(H,23,24,25);/q;+1/p-1. The van der Waals surface area contributed by atoms with Crippen LogP contribution in [0.3, 0.4) is 0 Å². The Bertz CT molecular complexity index is 401.